The molecule has 0 aromatic carbocycles. The van der Waals surface area contributed by atoms with Gasteiger partial charge >= 0.3 is 0 Å². The Balaban J connectivity index is 2.91. The second kappa shape index (κ2) is 21.2. The Morgan fingerprint density at radius 2 is 0.636 bits per heavy atom. The summed E-state index contributed by atoms with van der Waals surface area (Å²) in [5.74, 6) is 0. The molecule has 0 saturated heterocycles. The molecule has 22 heavy (non-hydrogen) atoms. The van der Waals surface area contributed by atoms with Crippen molar-refractivity contribution in [2.75, 3.05) is 0 Å². The van der Waals surface area contributed by atoms with Crippen LogP contribution in [-0.4, -0.2) is 9.52 Å². The summed E-state index contributed by atoms with van der Waals surface area (Å²) in [6.45, 7) is 4.62. The fraction of sp³-hybridized carbons (Fsp3) is 1.00. The largest absolute Gasteiger partial charge is 0.0654 e. The van der Waals surface area contributed by atoms with Gasteiger partial charge < -0.3 is 0 Å². The Labute approximate surface area is 145 Å². The van der Waals surface area contributed by atoms with Gasteiger partial charge in [0.15, 0.2) is 0 Å². The van der Waals surface area contributed by atoms with Crippen LogP contribution in [0.3, 0.4) is 0 Å². The van der Waals surface area contributed by atoms with Crippen LogP contribution < -0.4 is 0 Å². The van der Waals surface area contributed by atoms with E-state index in [-0.39, 0.29) is 0 Å². The van der Waals surface area contributed by atoms with Crippen LogP contribution in [0.1, 0.15) is 123 Å². The number of rotatable bonds is 19. The molecule has 1 heteroatoms. The Morgan fingerprint density at radius 3 is 1.05 bits per heavy atom. The highest BCUT2D eigenvalue weighted by Gasteiger charge is 1.95. The standard InChI is InChI=1S/C21H46Si/c1-3-5-7-8-9-10-11-12-13-14-15-16-17-19-21-22-20-18-6-4-2/h3-22H2,1-2H3. The van der Waals surface area contributed by atoms with E-state index in [0.717, 1.165) is 0 Å². The van der Waals surface area contributed by atoms with E-state index >= 15 is 0 Å². The van der Waals surface area contributed by atoms with Crippen molar-refractivity contribution in [2.45, 2.75) is 135 Å². The molecular weight excluding hydrogens is 280 g/mol. The van der Waals surface area contributed by atoms with Gasteiger partial charge in [0.05, 0.1) is 0 Å². The van der Waals surface area contributed by atoms with Crippen molar-refractivity contribution < 1.29 is 0 Å². The Hall–Kier alpha value is 0.217. The maximum Gasteiger partial charge on any atom is 0.0197 e. The second-order valence-electron chi connectivity index (χ2n) is 7.36. The summed E-state index contributed by atoms with van der Waals surface area (Å²) in [6, 6.07) is 3.24. The van der Waals surface area contributed by atoms with Crippen LogP contribution in [0.4, 0.5) is 0 Å². The molecule has 0 nitrogen and oxygen atoms in total. The molecule has 0 atom stereocenters. The minimum atomic E-state index is 0.329. The number of hydrogen-bond acceptors (Lipinski definition) is 0. The highest BCUT2D eigenvalue weighted by Crippen LogP contribution is 2.13. The Morgan fingerprint density at radius 1 is 0.364 bits per heavy atom. The third-order valence-electron chi connectivity index (χ3n) is 4.96. The molecule has 0 unspecified atom stereocenters. The lowest BCUT2D eigenvalue weighted by Crippen LogP contribution is -1.89. The van der Waals surface area contributed by atoms with Crippen molar-refractivity contribution in [1.29, 1.82) is 0 Å². The van der Waals surface area contributed by atoms with E-state index in [1.807, 2.05) is 0 Å². The van der Waals surface area contributed by atoms with Gasteiger partial charge in [0.1, 0.15) is 0 Å². The zero-order valence-corrected chi connectivity index (χ0v) is 17.6. The van der Waals surface area contributed by atoms with Crippen molar-refractivity contribution in [2.24, 2.45) is 0 Å². The van der Waals surface area contributed by atoms with Crippen LogP contribution in [0.25, 0.3) is 0 Å². The van der Waals surface area contributed by atoms with E-state index in [0.29, 0.717) is 9.52 Å². The fourth-order valence-corrected chi connectivity index (χ4v) is 5.10. The minimum Gasteiger partial charge on any atom is -0.0654 e. The van der Waals surface area contributed by atoms with Gasteiger partial charge in [-0.05, 0) is 0 Å². The summed E-state index contributed by atoms with van der Waals surface area (Å²) in [4.78, 5) is 0. The second-order valence-corrected chi connectivity index (χ2v) is 9.49. The van der Waals surface area contributed by atoms with Gasteiger partial charge in [-0.2, -0.15) is 0 Å². The average Bonchev–Trinajstić information content (AvgIpc) is 2.54. The first-order valence-electron chi connectivity index (χ1n) is 10.9. The van der Waals surface area contributed by atoms with E-state index in [9.17, 15) is 0 Å². The van der Waals surface area contributed by atoms with Crippen molar-refractivity contribution in [1.82, 2.24) is 0 Å². The van der Waals surface area contributed by atoms with Crippen LogP contribution in [-0.2, 0) is 0 Å². The minimum absolute atomic E-state index is 0.329. The third-order valence-corrected chi connectivity index (χ3v) is 6.96. The highest BCUT2D eigenvalue weighted by molar-refractivity contribution is 6.35. The van der Waals surface area contributed by atoms with E-state index in [1.54, 1.807) is 18.5 Å². The molecule has 0 fully saturated rings. The molecular formula is C21H46Si. The molecule has 0 aromatic rings. The first kappa shape index (κ1) is 22.2. The van der Waals surface area contributed by atoms with Crippen molar-refractivity contribution >= 4 is 9.52 Å². The van der Waals surface area contributed by atoms with E-state index in [2.05, 4.69) is 13.8 Å². The predicted octanol–water partition coefficient (Wildman–Crippen LogP) is 7.66. The van der Waals surface area contributed by atoms with Crippen molar-refractivity contribution in [3.05, 3.63) is 0 Å². The summed E-state index contributed by atoms with van der Waals surface area (Å²) in [7, 11) is 0.329. The molecule has 0 amide bonds. The molecule has 0 aliphatic heterocycles. The topological polar surface area (TPSA) is 0 Å². The molecule has 0 bridgehead atoms. The average molecular weight is 327 g/mol. The van der Waals surface area contributed by atoms with E-state index < -0.39 is 0 Å². The maximum atomic E-state index is 2.31. The van der Waals surface area contributed by atoms with Crippen LogP contribution in [0.5, 0.6) is 0 Å². The van der Waals surface area contributed by atoms with Gasteiger partial charge in [-0.25, -0.2) is 0 Å². The van der Waals surface area contributed by atoms with Gasteiger partial charge in [0.25, 0.3) is 0 Å². The predicted molar refractivity (Wildman–Crippen MR) is 108 cm³/mol. The summed E-state index contributed by atoms with van der Waals surface area (Å²) >= 11 is 0. The van der Waals surface area contributed by atoms with Crippen molar-refractivity contribution in [3.8, 4) is 0 Å². The van der Waals surface area contributed by atoms with E-state index in [1.165, 1.54) is 103 Å². The zero-order chi connectivity index (χ0) is 16.1. The van der Waals surface area contributed by atoms with Crippen molar-refractivity contribution in [3.63, 3.8) is 0 Å². The lowest BCUT2D eigenvalue weighted by Gasteiger charge is -2.03. The molecule has 0 N–H and O–H groups in total. The zero-order valence-electron chi connectivity index (χ0n) is 16.1. The lowest BCUT2D eigenvalue weighted by atomic mass is 10.0. The molecule has 0 rings (SSSR count). The Kier molecular flexibility index (Phi) is 21.4. The molecule has 0 aliphatic rings. The summed E-state index contributed by atoms with van der Waals surface area (Å²) < 4.78 is 0. The smallest absolute Gasteiger partial charge is 0.0197 e. The van der Waals surface area contributed by atoms with Crippen LogP contribution >= 0.6 is 0 Å². The molecule has 0 aliphatic carbocycles. The van der Waals surface area contributed by atoms with Gasteiger partial charge in [-0.1, -0.05) is 135 Å². The molecule has 0 aromatic heterocycles. The maximum absolute atomic E-state index is 2.31. The van der Waals surface area contributed by atoms with Gasteiger partial charge in [-0.3, -0.25) is 0 Å². The third kappa shape index (κ3) is 20.2. The Bertz CT molecular complexity index is 159. The fourth-order valence-electron chi connectivity index (χ4n) is 3.33. The first-order chi connectivity index (χ1) is 10.9. The van der Waals surface area contributed by atoms with Gasteiger partial charge in [-0.15, -0.1) is 0 Å². The number of unbranched alkanes of at least 4 members (excludes halogenated alkanes) is 15. The van der Waals surface area contributed by atoms with Crippen LogP contribution in [0, 0.1) is 0 Å². The van der Waals surface area contributed by atoms with E-state index in [4.69, 9.17) is 0 Å². The summed E-state index contributed by atoms with van der Waals surface area (Å²) in [5.41, 5.74) is 0. The molecule has 0 heterocycles. The molecule has 0 saturated carbocycles. The molecule has 134 valence electrons. The highest BCUT2D eigenvalue weighted by atomic mass is 28.2. The summed E-state index contributed by atoms with van der Waals surface area (Å²) in [5, 5.41) is 0. The molecule has 0 spiro atoms. The normalized spacial score (nSPS) is 11.7. The summed E-state index contributed by atoms with van der Waals surface area (Å²) in [6.07, 6.45) is 25.3. The first-order valence-corrected chi connectivity index (χ1v) is 12.9. The quantitative estimate of drug-likeness (QED) is 0.169. The monoisotopic (exact) mass is 326 g/mol. The molecule has 0 radical (unpaired) electrons. The van der Waals surface area contributed by atoms with Crippen LogP contribution in [0.2, 0.25) is 12.1 Å². The van der Waals surface area contributed by atoms with Gasteiger partial charge in [0.2, 0.25) is 0 Å². The lowest BCUT2D eigenvalue weighted by molar-refractivity contribution is 0.538. The van der Waals surface area contributed by atoms with Gasteiger partial charge in [0, 0.05) is 9.52 Å². The number of hydrogen-bond donors (Lipinski definition) is 0. The van der Waals surface area contributed by atoms with Crippen LogP contribution in [0.15, 0.2) is 0 Å². The SMILES string of the molecule is CCCCCCCCCCCCCCCC[SiH2]CCCCC.